The van der Waals surface area contributed by atoms with E-state index in [-0.39, 0.29) is 23.8 Å². The first kappa shape index (κ1) is 18.7. The van der Waals surface area contributed by atoms with Gasteiger partial charge in [-0.25, -0.2) is 4.39 Å². The van der Waals surface area contributed by atoms with Crippen LogP contribution in [0.5, 0.6) is 11.5 Å². The molecule has 0 saturated carbocycles. The Morgan fingerprint density at radius 1 is 1.00 bits per heavy atom. The molecule has 30 heavy (non-hydrogen) atoms. The highest BCUT2D eigenvalue weighted by Gasteiger charge is 2.41. The average molecular weight is 406 g/mol. The summed E-state index contributed by atoms with van der Waals surface area (Å²) in [6.45, 7) is 0. The van der Waals surface area contributed by atoms with E-state index in [1.807, 2.05) is 35.2 Å². The Balaban J connectivity index is 1.43. The van der Waals surface area contributed by atoms with Crippen LogP contribution < -0.4 is 9.47 Å². The normalized spacial score (nSPS) is 22.5. The number of nitrogens with zero attached hydrogens (tertiary/aromatic N) is 1. The lowest BCUT2D eigenvalue weighted by Gasteiger charge is -2.39. The summed E-state index contributed by atoms with van der Waals surface area (Å²) < 4.78 is 24.2. The van der Waals surface area contributed by atoms with Crippen molar-refractivity contribution >= 4 is 16.8 Å². The number of carbonyl (C=O) groups excluding carboxylic acids is 1. The van der Waals surface area contributed by atoms with E-state index in [2.05, 4.69) is 17.1 Å². The van der Waals surface area contributed by atoms with Gasteiger partial charge in [0.15, 0.2) is 0 Å². The van der Waals surface area contributed by atoms with Crippen molar-refractivity contribution in [2.45, 2.75) is 30.8 Å². The van der Waals surface area contributed by atoms with E-state index in [0.29, 0.717) is 23.1 Å². The molecule has 2 bridgehead atoms. The summed E-state index contributed by atoms with van der Waals surface area (Å²) in [6.07, 6.45) is 5.90. The molecule has 1 aromatic heterocycles. The first-order chi connectivity index (χ1) is 14.6. The molecule has 3 aromatic rings. The summed E-state index contributed by atoms with van der Waals surface area (Å²) in [5, 5.41) is 0.821. The number of amides is 1. The minimum atomic E-state index is -0.225. The molecule has 5 nitrogen and oxygen atoms in total. The van der Waals surface area contributed by atoms with Crippen molar-refractivity contribution in [2.24, 2.45) is 0 Å². The number of aromatic nitrogens is 1. The molecule has 154 valence electrons. The topological polar surface area (TPSA) is 54.6 Å². The van der Waals surface area contributed by atoms with E-state index in [9.17, 15) is 9.18 Å². The van der Waals surface area contributed by atoms with Crippen LogP contribution in [0.2, 0.25) is 0 Å². The molecule has 1 fully saturated rings. The molecule has 1 amide bonds. The van der Waals surface area contributed by atoms with Gasteiger partial charge in [0.1, 0.15) is 23.0 Å². The summed E-state index contributed by atoms with van der Waals surface area (Å²) >= 11 is 0. The molecule has 0 spiro atoms. The second-order valence-corrected chi connectivity index (χ2v) is 7.89. The molecular formula is C24H23FN2O3. The van der Waals surface area contributed by atoms with Crippen LogP contribution in [0.1, 0.15) is 34.8 Å². The molecular weight excluding hydrogens is 383 g/mol. The van der Waals surface area contributed by atoms with Crippen LogP contribution in [0.15, 0.2) is 54.6 Å². The largest absolute Gasteiger partial charge is 0.496 e. The monoisotopic (exact) mass is 406 g/mol. The van der Waals surface area contributed by atoms with Crippen LogP contribution in [-0.2, 0) is 0 Å². The number of carbonyl (C=O) groups is 1. The summed E-state index contributed by atoms with van der Waals surface area (Å²) in [7, 11) is 3.22. The quantitative estimate of drug-likeness (QED) is 0.642. The first-order valence-corrected chi connectivity index (χ1v) is 10.1. The van der Waals surface area contributed by atoms with E-state index >= 15 is 0 Å². The smallest absolute Gasteiger partial charge is 0.271 e. The predicted molar refractivity (Wildman–Crippen MR) is 113 cm³/mol. The number of hydrogen-bond acceptors (Lipinski definition) is 3. The van der Waals surface area contributed by atoms with Crippen molar-refractivity contribution < 1.29 is 18.7 Å². The number of hydrogen-bond donors (Lipinski definition) is 1. The molecule has 5 rings (SSSR count). The molecule has 1 N–H and O–H groups in total. The second kappa shape index (κ2) is 7.20. The maximum atomic E-state index is 13.4. The lowest BCUT2D eigenvalue weighted by molar-refractivity contribution is 0.0597. The Morgan fingerprint density at radius 3 is 2.27 bits per heavy atom. The third kappa shape index (κ3) is 2.95. The van der Waals surface area contributed by atoms with Gasteiger partial charge in [-0.05, 0) is 54.7 Å². The molecule has 1 saturated heterocycles. The summed E-state index contributed by atoms with van der Waals surface area (Å²) in [6, 6.07) is 12.3. The highest BCUT2D eigenvalue weighted by atomic mass is 19.1. The number of H-pyrrole nitrogens is 1. The number of methoxy groups -OCH3 is 2. The summed E-state index contributed by atoms with van der Waals surface area (Å²) in [5.41, 5.74) is 2.40. The number of aromatic amines is 1. The van der Waals surface area contributed by atoms with Gasteiger partial charge in [0.25, 0.3) is 5.91 Å². The van der Waals surface area contributed by atoms with Crippen molar-refractivity contribution in [3.8, 4) is 11.5 Å². The van der Waals surface area contributed by atoms with Gasteiger partial charge < -0.3 is 19.4 Å². The third-order valence-electron chi connectivity index (χ3n) is 6.28. The fraction of sp³-hybridized carbons (Fsp3) is 0.292. The van der Waals surface area contributed by atoms with E-state index in [0.717, 1.165) is 29.3 Å². The number of rotatable bonds is 4. The van der Waals surface area contributed by atoms with Crippen molar-refractivity contribution in [1.29, 1.82) is 0 Å². The minimum absolute atomic E-state index is 0.0292. The Bertz CT molecular complexity index is 1080. The summed E-state index contributed by atoms with van der Waals surface area (Å²) in [4.78, 5) is 18.6. The lowest BCUT2D eigenvalue weighted by Crippen LogP contribution is -2.46. The fourth-order valence-corrected chi connectivity index (χ4v) is 4.83. The maximum Gasteiger partial charge on any atom is 0.271 e. The van der Waals surface area contributed by atoms with Crippen LogP contribution in [0.3, 0.4) is 0 Å². The zero-order valence-electron chi connectivity index (χ0n) is 16.9. The van der Waals surface area contributed by atoms with Gasteiger partial charge in [0.2, 0.25) is 0 Å². The molecule has 3 heterocycles. The van der Waals surface area contributed by atoms with Crippen molar-refractivity contribution in [3.63, 3.8) is 0 Å². The third-order valence-corrected chi connectivity index (χ3v) is 6.28. The highest BCUT2D eigenvalue weighted by molar-refractivity contribution is 6.02. The van der Waals surface area contributed by atoms with Crippen LogP contribution in [0.4, 0.5) is 4.39 Å². The van der Waals surface area contributed by atoms with Gasteiger partial charge in [0.05, 0.1) is 31.8 Å². The molecule has 0 radical (unpaired) electrons. The number of ether oxygens (including phenoxy) is 2. The predicted octanol–water partition coefficient (Wildman–Crippen LogP) is 4.65. The lowest BCUT2D eigenvalue weighted by atomic mass is 9.84. The van der Waals surface area contributed by atoms with E-state index in [1.165, 1.54) is 12.1 Å². The Morgan fingerprint density at radius 2 is 1.63 bits per heavy atom. The molecule has 0 aliphatic carbocycles. The van der Waals surface area contributed by atoms with Crippen LogP contribution in [0.25, 0.3) is 10.9 Å². The van der Waals surface area contributed by atoms with Crippen molar-refractivity contribution in [3.05, 3.63) is 71.7 Å². The van der Waals surface area contributed by atoms with Gasteiger partial charge in [0, 0.05) is 5.39 Å². The van der Waals surface area contributed by atoms with E-state index in [4.69, 9.17) is 9.47 Å². The van der Waals surface area contributed by atoms with Crippen molar-refractivity contribution in [2.75, 3.05) is 14.2 Å². The molecule has 6 heteroatoms. The number of halogens is 1. The number of fused-ring (bicyclic) bond motifs is 3. The Kier molecular flexibility index (Phi) is 4.50. The molecule has 1 unspecified atom stereocenters. The van der Waals surface area contributed by atoms with Crippen LogP contribution >= 0.6 is 0 Å². The molecule has 2 aliphatic heterocycles. The highest BCUT2D eigenvalue weighted by Crippen LogP contribution is 2.41. The van der Waals surface area contributed by atoms with Gasteiger partial charge in [-0.15, -0.1) is 0 Å². The zero-order valence-corrected chi connectivity index (χ0v) is 16.9. The minimum Gasteiger partial charge on any atom is -0.496 e. The van der Waals surface area contributed by atoms with Gasteiger partial charge in [-0.3, -0.25) is 4.79 Å². The van der Waals surface area contributed by atoms with Gasteiger partial charge in [-0.1, -0.05) is 24.3 Å². The fourth-order valence-electron chi connectivity index (χ4n) is 4.83. The Hall–Kier alpha value is -3.28. The second-order valence-electron chi connectivity index (χ2n) is 7.89. The standard InChI is InChI=1S/C24H23FN2O3/c1-29-21-9-10-22(30-2)23-19(21)13-20(26-23)24(28)27-17-7-8-18(27)12-15(11-17)14-3-5-16(25)6-4-14/h3-10,13,15,17-18,26H,11-12H2,1-2H3/t15?,17-,18+. The van der Waals surface area contributed by atoms with Crippen LogP contribution in [0, 0.1) is 5.82 Å². The van der Waals surface area contributed by atoms with E-state index in [1.54, 1.807) is 14.2 Å². The van der Waals surface area contributed by atoms with E-state index < -0.39 is 0 Å². The molecule has 2 aliphatic rings. The van der Waals surface area contributed by atoms with Crippen LogP contribution in [-0.4, -0.2) is 42.1 Å². The average Bonchev–Trinajstić information content (AvgIpc) is 3.32. The van der Waals surface area contributed by atoms with Gasteiger partial charge in [-0.2, -0.15) is 0 Å². The number of benzene rings is 2. The Labute approximate surface area is 174 Å². The summed E-state index contributed by atoms with van der Waals surface area (Å²) in [5.74, 6) is 1.41. The maximum absolute atomic E-state index is 13.4. The number of nitrogens with one attached hydrogen (secondary N) is 1. The molecule has 3 atom stereocenters. The van der Waals surface area contributed by atoms with Gasteiger partial charge >= 0.3 is 0 Å². The van der Waals surface area contributed by atoms with Crippen molar-refractivity contribution in [1.82, 2.24) is 9.88 Å². The zero-order chi connectivity index (χ0) is 20.8. The number of piperidine rings is 1. The first-order valence-electron chi connectivity index (χ1n) is 10.1. The molecule has 2 aromatic carbocycles. The SMILES string of the molecule is COc1ccc(OC)c2[nH]c(C(=O)N3[C@@H]4C=C[C@H]3CC(c3ccc(F)cc3)C4)cc12.